The highest BCUT2D eigenvalue weighted by Crippen LogP contribution is 2.42. The SMILES string of the molecule is CCN1CCC[C@@H]1CNC(=O)[C@H]1CCC(=O)N(c2ccc(C)cc2)[C@H]1c1ccc(OC)c(OC)c1. The summed E-state index contributed by atoms with van der Waals surface area (Å²) in [7, 11) is 3.19. The van der Waals surface area contributed by atoms with Crippen LogP contribution in [0.2, 0.25) is 0 Å². The molecule has 0 radical (unpaired) electrons. The summed E-state index contributed by atoms with van der Waals surface area (Å²) in [5.74, 6) is 0.837. The van der Waals surface area contributed by atoms with Gasteiger partial charge >= 0.3 is 0 Å². The third-order valence-electron chi connectivity index (χ3n) is 7.41. The van der Waals surface area contributed by atoms with E-state index in [0.717, 1.165) is 36.3 Å². The van der Waals surface area contributed by atoms with Crippen LogP contribution in [0.1, 0.15) is 49.8 Å². The molecule has 3 atom stereocenters. The molecule has 0 aromatic heterocycles. The molecule has 2 aliphatic rings. The van der Waals surface area contributed by atoms with Crippen LogP contribution in [-0.2, 0) is 9.59 Å². The maximum Gasteiger partial charge on any atom is 0.227 e. The van der Waals surface area contributed by atoms with E-state index in [1.807, 2.05) is 49.4 Å². The van der Waals surface area contributed by atoms with E-state index in [0.29, 0.717) is 36.9 Å². The summed E-state index contributed by atoms with van der Waals surface area (Å²) < 4.78 is 11.0. The van der Waals surface area contributed by atoms with Gasteiger partial charge in [-0.3, -0.25) is 14.5 Å². The Kier molecular flexibility index (Phi) is 7.96. The first-order chi connectivity index (χ1) is 17.0. The summed E-state index contributed by atoms with van der Waals surface area (Å²) in [6, 6.07) is 13.5. The van der Waals surface area contributed by atoms with Crippen molar-refractivity contribution >= 4 is 17.5 Å². The fourth-order valence-corrected chi connectivity index (χ4v) is 5.49. The normalized spacial score (nSPS) is 22.8. The first-order valence-electron chi connectivity index (χ1n) is 12.6. The number of carbonyl (C=O) groups excluding carboxylic acids is 2. The Balaban J connectivity index is 1.68. The Labute approximate surface area is 208 Å². The Morgan fingerprint density at radius 2 is 1.80 bits per heavy atom. The number of nitrogens with one attached hydrogen (secondary N) is 1. The molecule has 2 amide bonds. The molecule has 2 aliphatic heterocycles. The third-order valence-corrected chi connectivity index (χ3v) is 7.41. The topological polar surface area (TPSA) is 71.1 Å². The Morgan fingerprint density at radius 3 is 2.49 bits per heavy atom. The zero-order valence-corrected chi connectivity index (χ0v) is 21.3. The number of piperidine rings is 1. The van der Waals surface area contributed by atoms with Crippen LogP contribution in [-0.4, -0.2) is 56.6 Å². The molecule has 2 aromatic rings. The van der Waals surface area contributed by atoms with Gasteiger partial charge in [-0.25, -0.2) is 0 Å². The monoisotopic (exact) mass is 479 g/mol. The van der Waals surface area contributed by atoms with E-state index < -0.39 is 6.04 Å². The molecule has 0 aliphatic carbocycles. The first kappa shape index (κ1) is 25.0. The van der Waals surface area contributed by atoms with Gasteiger partial charge in [-0.1, -0.05) is 30.7 Å². The van der Waals surface area contributed by atoms with E-state index in [9.17, 15) is 9.59 Å². The molecule has 2 aromatic carbocycles. The smallest absolute Gasteiger partial charge is 0.227 e. The fraction of sp³-hybridized carbons (Fsp3) is 0.500. The molecule has 2 saturated heterocycles. The van der Waals surface area contributed by atoms with Gasteiger partial charge in [0.15, 0.2) is 11.5 Å². The van der Waals surface area contributed by atoms with Gasteiger partial charge < -0.3 is 19.7 Å². The predicted molar refractivity (Wildman–Crippen MR) is 137 cm³/mol. The summed E-state index contributed by atoms with van der Waals surface area (Å²) in [5, 5.41) is 3.23. The molecule has 4 rings (SSSR count). The largest absolute Gasteiger partial charge is 0.493 e. The van der Waals surface area contributed by atoms with Crippen LogP contribution >= 0.6 is 0 Å². The van der Waals surface area contributed by atoms with E-state index in [2.05, 4.69) is 17.1 Å². The number of hydrogen-bond acceptors (Lipinski definition) is 5. The molecule has 0 spiro atoms. The second-order valence-corrected chi connectivity index (χ2v) is 9.47. The number of rotatable bonds is 8. The summed E-state index contributed by atoms with van der Waals surface area (Å²) in [4.78, 5) is 31.1. The quantitative estimate of drug-likeness (QED) is 0.617. The lowest BCUT2D eigenvalue weighted by atomic mass is 9.83. The maximum absolute atomic E-state index is 13.6. The number of carbonyl (C=O) groups is 2. The first-order valence-corrected chi connectivity index (χ1v) is 12.6. The van der Waals surface area contributed by atoms with Crippen molar-refractivity contribution in [1.29, 1.82) is 0 Å². The van der Waals surface area contributed by atoms with Crippen molar-refractivity contribution < 1.29 is 19.1 Å². The minimum atomic E-state index is -0.440. The van der Waals surface area contributed by atoms with E-state index in [-0.39, 0.29) is 17.7 Å². The standard InChI is InChI=1S/C28H37N3O4/c1-5-30-16-6-7-22(30)18-29-28(33)23-13-15-26(32)31(21-11-8-19(2)9-12-21)27(23)20-10-14-24(34-3)25(17-20)35-4/h8-12,14,17,22-23,27H,5-7,13,15-16,18H2,1-4H3,(H,29,33)/t22-,23+,27+/m1/s1. The fourth-order valence-electron chi connectivity index (χ4n) is 5.49. The average molecular weight is 480 g/mol. The highest BCUT2D eigenvalue weighted by atomic mass is 16.5. The number of nitrogens with zero attached hydrogens (tertiary/aromatic N) is 2. The lowest BCUT2D eigenvalue weighted by Gasteiger charge is -2.41. The molecule has 7 nitrogen and oxygen atoms in total. The van der Waals surface area contributed by atoms with Gasteiger partial charge in [0.05, 0.1) is 26.2 Å². The van der Waals surface area contributed by atoms with Gasteiger partial charge in [0.2, 0.25) is 11.8 Å². The molecular formula is C28H37N3O4. The number of likely N-dealkylation sites (N-methyl/N-ethyl adjacent to an activating group) is 1. The minimum Gasteiger partial charge on any atom is -0.493 e. The van der Waals surface area contributed by atoms with Crippen molar-refractivity contribution in [1.82, 2.24) is 10.2 Å². The molecule has 7 heteroatoms. The van der Waals surface area contributed by atoms with Crippen molar-refractivity contribution in [2.24, 2.45) is 5.92 Å². The summed E-state index contributed by atoms with van der Waals surface area (Å²) >= 11 is 0. The highest BCUT2D eigenvalue weighted by molar-refractivity contribution is 5.97. The number of anilines is 1. The van der Waals surface area contributed by atoms with Crippen molar-refractivity contribution in [3.05, 3.63) is 53.6 Å². The Bertz CT molecular complexity index is 1040. The lowest BCUT2D eigenvalue weighted by molar-refractivity contribution is -0.129. The van der Waals surface area contributed by atoms with E-state index in [1.165, 1.54) is 6.42 Å². The summed E-state index contributed by atoms with van der Waals surface area (Å²) in [6.07, 6.45) is 3.11. The van der Waals surface area contributed by atoms with Crippen molar-refractivity contribution in [2.75, 3.05) is 38.8 Å². The van der Waals surface area contributed by atoms with Gasteiger partial charge in [-0.2, -0.15) is 0 Å². The van der Waals surface area contributed by atoms with Gasteiger partial charge in [0.1, 0.15) is 0 Å². The molecular weight excluding hydrogens is 442 g/mol. The molecule has 2 fully saturated rings. The maximum atomic E-state index is 13.6. The van der Waals surface area contributed by atoms with Crippen LogP contribution < -0.4 is 19.7 Å². The number of benzene rings is 2. The van der Waals surface area contributed by atoms with Gasteiger partial charge in [0, 0.05) is 24.7 Å². The van der Waals surface area contributed by atoms with Crippen molar-refractivity contribution in [3.8, 4) is 11.5 Å². The number of methoxy groups -OCH3 is 2. The Morgan fingerprint density at radius 1 is 1.06 bits per heavy atom. The van der Waals surface area contributed by atoms with Gasteiger partial charge in [-0.05, 0) is 69.1 Å². The Hall–Kier alpha value is -3.06. The average Bonchev–Trinajstić information content (AvgIpc) is 3.35. The van der Waals surface area contributed by atoms with Crippen molar-refractivity contribution in [3.63, 3.8) is 0 Å². The number of aryl methyl sites for hydroxylation is 1. The van der Waals surface area contributed by atoms with Gasteiger partial charge in [0.25, 0.3) is 0 Å². The second-order valence-electron chi connectivity index (χ2n) is 9.47. The lowest BCUT2D eigenvalue weighted by Crippen LogP contribution is -2.50. The van der Waals surface area contributed by atoms with Crippen LogP contribution in [0.3, 0.4) is 0 Å². The van der Waals surface area contributed by atoms with E-state index in [1.54, 1.807) is 19.1 Å². The summed E-state index contributed by atoms with van der Waals surface area (Å²) in [5.41, 5.74) is 2.77. The van der Waals surface area contributed by atoms with Crippen LogP contribution in [0.25, 0.3) is 0 Å². The van der Waals surface area contributed by atoms with Crippen LogP contribution in [0, 0.1) is 12.8 Å². The molecule has 188 valence electrons. The van der Waals surface area contributed by atoms with E-state index in [4.69, 9.17) is 9.47 Å². The third kappa shape index (κ3) is 5.30. The van der Waals surface area contributed by atoms with Crippen molar-refractivity contribution in [2.45, 2.75) is 51.6 Å². The number of likely N-dealkylation sites (tertiary alicyclic amines) is 1. The minimum absolute atomic E-state index is 0.00245. The zero-order valence-electron chi connectivity index (χ0n) is 21.3. The number of ether oxygens (including phenoxy) is 2. The molecule has 2 heterocycles. The molecule has 0 saturated carbocycles. The predicted octanol–water partition coefficient (Wildman–Crippen LogP) is 4.10. The van der Waals surface area contributed by atoms with Crippen LogP contribution in [0.4, 0.5) is 5.69 Å². The van der Waals surface area contributed by atoms with E-state index >= 15 is 0 Å². The molecule has 35 heavy (non-hydrogen) atoms. The molecule has 1 N–H and O–H groups in total. The zero-order chi connectivity index (χ0) is 24.9. The highest BCUT2D eigenvalue weighted by Gasteiger charge is 2.42. The molecule has 0 bridgehead atoms. The molecule has 0 unspecified atom stereocenters. The second kappa shape index (κ2) is 11.1. The number of hydrogen-bond donors (Lipinski definition) is 1. The van der Waals surface area contributed by atoms with Crippen LogP contribution in [0.5, 0.6) is 11.5 Å². The van der Waals surface area contributed by atoms with Gasteiger partial charge in [-0.15, -0.1) is 0 Å². The summed E-state index contributed by atoms with van der Waals surface area (Å²) in [6.45, 7) is 6.91. The number of amides is 2. The van der Waals surface area contributed by atoms with Crippen LogP contribution in [0.15, 0.2) is 42.5 Å².